The van der Waals surface area contributed by atoms with E-state index in [-0.39, 0.29) is 5.82 Å². The Labute approximate surface area is 142 Å². The molecule has 1 N–H and O–H groups in total. The van der Waals surface area contributed by atoms with E-state index >= 15 is 0 Å². The summed E-state index contributed by atoms with van der Waals surface area (Å²) in [6.07, 6.45) is 0.767. The van der Waals surface area contributed by atoms with Gasteiger partial charge in [-0.05, 0) is 43.0 Å². The lowest BCUT2D eigenvalue weighted by molar-refractivity contribution is -0.00859. The monoisotopic (exact) mass is 330 g/mol. The fourth-order valence-corrected chi connectivity index (χ4v) is 3.36. The highest BCUT2D eigenvalue weighted by Crippen LogP contribution is 2.39. The van der Waals surface area contributed by atoms with Crippen molar-refractivity contribution in [2.45, 2.75) is 37.9 Å². The summed E-state index contributed by atoms with van der Waals surface area (Å²) in [5, 5.41) is 10.4. The first-order valence-electron chi connectivity index (χ1n) is 8.34. The molecule has 0 spiro atoms. The van der Waals surface area contributed by atoms with Crippen molar-refractivity contribution in [2.75, 3.05) is 13.2 Å². The lowest BCUT2D eigenvalue weighted by Gasteiger charge is -2.40. The van der Waals surface area contributed by atoms with Crippen molar-refractivity contribution in [2.24, 2.45) is 0 Å². The molecular weight excluding hydrogens is 307 g/mol. The van der Waals surface area contributed by atoms with Crippen LogP contribution in [0.5, 0.6) is 5.75 Å². The topological polar surface area (TPSA) is 38.7 Å². The molecule has 1 atom stereocenters. The van der Waals surface area contributed by atoms with Gasteiger partial charge < -0.3 is 14.6 Å². The van der Waals surface area contributed by atoms with E-state index < -0.39 is 11.5 Å². The Morgan fingerprint density at radius 2 is 1.88 bits per heavy atom. The Kier molecular flexibility index (Phi) is 5.17. The largest absolute Gasteiger partial charge is 0.489 e. The van der Waals surface area contributed by atoms with E-state index in [1.165, 1.54) is 12.1 Å². The van der Waals surface area contributed by atoms with Gasteiger partial charge in [0.2, 0.25) is 0 Å². The molecule has 1 aliphatic rings. The van der Waals surface area contributed by atoms with Crippen LogP contribution < -0.4 is 4.74 Å². The number of benzene rings is 2. The highest BCUT2D eigenvalue weighted by Gasteiger charge is 2.39. The third-order valence-corrected chi connectivity index (χ3v) is 4.88. The molecule has 128 valence electrons. The van der Waals surface area contributed by atoms with E-state index in [0.717, 1.165) is 11.1 Å². The van der Waals surface area contributed by atoms with Crippen LogP contribution in [0.3, 0.4) is 0 Å². The summed E-state index contributed by atoms with van der Waals surface area (Å²) in [4.78, 5) is 0. The van der Waals surface area contributed by atoms with Gasteiger partial charge in [-0.1, -0.05) is 30.3 Å². The Morgan fingerprint density at radius 3 is 2.54 bits per heavy atom. The molecule has 0 bridgehead atoms. The van der Waals surface area contributed by atoms with Gasteiger partial charge in [-0.2, -0.15) is 0 Å². The number of hydrogen-bond acceptors (Lipinski definition) is 3. The maximum absolute atomic E-state index is 14.1. The van der Waals surface area contributed by atoms with Gasteiger partial charge in [0.15, 0.2) is 0 Å². The third kappa shape index (κ3) is 3.60. The van der Waals surface area contributed by atoms with Crippen LogP contribution in [0.4, 0.5) is 4.39 Å². The number of rotatable bonds is 5. The van der Waals surface area contributed by atoms with Gasteiger partial charge in [0.25, 0.3) is 0 Å². The molecule has 3 rings (SSSR count). The van der Waals surface area contributed by atoms with Gasteiger partial charge in [-0.15, -0.1) is 0 Å². The highest BCUT2D eigenvalue weighted by atomic mass is 19.1. The Hall–Kier alpha value is -1.91. The molecule has 0 radical (unpaired) electrons. The van der Waals surface area contributed by atoms with Crippen molar-refractivity contribution >= 4 is 0 Å². The van der Waals surface area contributed by atoms with Crippen molar-refractivity contribution in [1.82, 2.24) is 0 Å². The Bertz CT molecular complexity index is 664. The van der Waals surface area contributed by atoms with Crippen molar-refractivity contribution in [3.63, 3.8) is 0 Å². The van der Waals surface area contributed by atoms with Crippen LogP contribution in [0, 0.1) is 5.82 Å². The zero-order valence-electron chi connectivity index (χ0n) is 13.9. The molecule has 3 nitrogen and oxygen atoms in total. The van der Waals surface area contributed by atoms with Crippen LogP contribution in [-0.4, -0.2) is 24.4 Å². The van der Waals surface area contributed by atoms with Gasteiger partial charge in [0.05, 0.1) is 6.10 Å². The molecule has 0 saturated carbocycles. The maximum atomic E-state index is 14.1. The van der Waals surface area contributed by atoms with Crippen LogP contribution in [-0.2, 0) is 16.8 Å². The lowest BCUT2D eigenvalue weighted by atomic mass is 9.70. The zero-order chi connectivity index (χ0) is 17.0. The van der Waals surface area contributed by atoms with Crippen LogP contribution in [0.25, 0.3) is 0 Å². The minimum Gasteiger partial charge on any atom is -0.489 e. The van der Waals surface area contributed by atoms with Crippen molar-refractivity contribution < 1.29 is 19.0 Å². The van der Waals surface area contributed by atoms with E-state index in [1.54, 1.807) is 6.92 Å². The summed E-state index contributed by atoms with van der Waals surface area (Å²) < 4.78 is 25.4. The molecular formula is C20H23FO3. The molecule has 2 aromatic rings. The zero-order valence-corrected chi connectivity index (χ0v) is 13.9. The number of aliphatic hydroxyl groups is 1. The molecule has 2 aromatic carbocycles. The first-order chi connectivity index (χ1) is 11.6. The van der Waals surface area contributed by atoms with Gasteiger partial charge in [-0.25, -0.2) is 4.39 Å². The number of aliphatic hydroxyl groups excluding tert-OH is 1. The maximum Gasteiger partial charge on any atom is 0.127 e. The SMILES string of the molecule is C[C@@H](O)C1(c2cc(F)cc(OCc3ccccc3)c2)CCOCC1. The summed E-state index contributed by atoms with van der Waals surface area (Å²) in [6, 6.07) is 14.5. The average molecular weight is 330 g/mol. The smallest absolute Gasteiger partial charge is 0.127 e. The van der Waals surface area contributed by atoms with E-state index in [1.807, 2.05) is 36.4 Å². The summed E-state index contributed by atoms with van der Waals surface area (Å²) in [7, 11) is 0. The predicted octanol–water partition coefficient (Wildman–Crippen LogP) is 3.83. The van der Waals surface area contributed by atoms with Crippen LogP contribution in [0.2, 0.25) is 0 Å². The quantitative estimate of drug-likeness (QED) is 0.905. The average Bonchev–Trinajstić information content (AvgIpc) is 2.61. The van der Waals surface area contributed by atoms with E-state index in [2.05, 4.69) is 0 Å². The van der Waals surface area contributed by atoms with Crippen molar-refractivity contribution in [3.8, 4) is 5.75 Å². The summed E-state index contributed by atoms with van der Waals surface area (Å²) in [5.74, 6) is 0.141. The van der Waals surface area contributed by atoms with Crippen molar-refractivity contribution in [3.05, 3.63) is 65.5 Å². The van der Waals surface area contributed by atoms with Gasteiger partial charge in [0, 0.05) is 24.7 Å². The second-order valence-corrected chi connectivity index (χ2v) is 6.39. The number of hydrogen-bond donors (Lipinski definition) is 1. The van der Waals surface area contributed by atoms with Gasteiger partial charge >= 0.3 is 0 Å². The second-order valence-electron chi connectivity index (χ2n) is 6.39. The fourth-order valence-electron chi connectivity index (χ4n) is 3.36. The molecule has 1 saturated heterocycles. The van der Waals surface area contributed by atoms with Gasteiger partial charge in [-0.3, -0.25) is 0 Å². The summed E-state index contributed by atoms with van der Waals surface area (Å²) in [5.41, 5.74) is 1.33. The van der Waals surface area contributed by atoms with Crippen LogP contribution in [0.15, 0.2) is 48.5 Å². The third-order valence-electron chi connectivity index (χ3n) is 4.88. The summed E-state index contributed by atoms with van der Waals surface area (Å²) >= 11 is 0. The first kappa shape index (κ1) is 16.9. The molecule has 0 aromatic heterocycles. The molecule has 0 unspecified atom stereocenters. The van der Waals surface area contributed by atoms with Crippen molar-refractivity contribution in [1.29, 1.82) is 0 Å². The Balaban J connectivity index is 1.85. The van der Waals surface area contributed by atoms with E-state index in [0.29, 0.717) is 38.4 Å². The molecule has 4 heteroatoms. The normalized spacial score (nSPS) is 18.1. The highest BCUT2D eigenvalue weighted by molar-refractivity contribution is 5.36. The minimum atomic E-state index is -0.579. The standard InChI is InChI=1S/C20H23FO3/c1-15(22)20(7-9-23-10-8-20)17-11-18(21)13-19(12-17)24-14-16-5-3-2-4-6-16/h2-6,11-13,15,22H,7-10,14H2,1H3/t15-/m1/s1. The molecule has 1 fully saturated rings. The fraction of sp³-hybridized carbons (Fsp3) is 0.400. The number of halogens is 1. The molecule has 1 heterocycles. The Morgan fingerprint density at radius 1 is 1.17 bits per heavy atom. The summed E-state index contributed by atoms with van der Waals surface area (Å²) in [6.45, 7) is 3.29. The molecule has 0 amide bonds. The van der Waals surface area contributed by atoms with Gasteiger partial charge in [0.1, 0.15) is 18.2 Å². The first-order valence-corrected chi connectivity index (χ1v) is 8.34. The second kappa shape index (κ2) is 7.32. The predicted molar refractivity (Wildman–Crippen MR) is 90.6 cm³/mol. The minimum absolute atomic E-state index is 0.345. The van der Waals surface area contributed by atoms with Crippen LogP contribution in [0.1, 0.15) is 30.9 Å². The van der Waals surface area contributed by atoms with E-state index in [4.69, 9.17) is 9.47 Å². The lowest BCUT2D eigenvalue weighted by Crippen LogP contribution is -2.43. The van der Waals surface area contributed by atoms with E-state index in [9.17, 15) is 9.50 Å². The van der Waals surface area contributed by atoms with Crippen LogP contribution >= 0.6 is 0 Å². The number of ether oxygens (including phenoxy) is 2. The molecule has 1 aliphatic heterocycles. The molecule has 0 aliphatic carbocycles. The molecule has 24 heavy (non-hydrogen) atoms.